The molecule has 1 fully saturated rings. The van der Waals surface area contributed by atoms with E-state index in [0.29, 0.717) is 11.0 Å². The van der Waals surface area contributed by atoms with E-state index in [0.717, 1.165) is 37.2 Å². The molecule has 0 radical (unpaired) electrons. The third kappa shape index (κ3) is 4.57. The fraction of sp³-hybridized carbons (Fsp3) is 0.611. The van der Waals surface area contributed by atoms with Crippen molar-refractivity contribution < 1.29 is 14.6 Å². The second-order valence-corrected chi connectivity index (χ2v) is 7.17. The standard InChI is InChI=1S/C18H26O3/c1-13-5-7-14(8-6-13)17(19)21-20-16-11-9-15(10-12-16)18(2,3)4/h5-8,15-16H,9-12H2,1-4H3. The Hall–Kier alpha value is -1.35. The van der Waals surface area contributed by atoms with Crippen molar-refractivity contribution in [3.05, 3.63) is 35.4 Å². The van der Waals surface area contributed by atoms with Crippen LogP contribution in [-0.2, 0) is 9.78 Å². The summed E-state index contributed by atoms with van der Waals surface area (Å²) in [6.45, 7) is 8.85. The summed E-state index contributed by atoms with van der Waals surface area (Å²) in [5.74, 6) is 0.318. The van der Waals surface area contributed by atoms with Crippen molar-refractivity contribution in [2.75, 3.05) is 0 Å². The zero-order chi connectivity index (χ0) is 15.5. The quantitative estimate of drug-likeness (QED) is 0.598. The molecular formula is C18H26O3. The smallest absolute Gasteiger partial charge is 0.293 e. The monoisotopic (exact) mass is 290 g/mol. The molecule has 0 heterocycles. The van der Waals surface area contributed by atoms with E-state index in [2.05, 4.69) is 20.8 Å². The number of carbonyl (C=O) groups is 1. The molecule has 0 aromatic heterocycles. The van der Waals surface area contributed by atoms with E-state index in [-0.39, 0.29) is 6.10 Å². The summed E-state index contributed by atoms with van der Waals surface area (Å²) >= 11 is 0. The van der Waals surface area contributed by atoms with Crippen LogP contribution in [0.15, 0.2) is 24.3 Å². The minimum Gasteiger partial charge on any atom is -0.293 e. The van der Waals surface area contributed by atoms with E-state index in [1.54, 1.807) is 12.1 Å². The molecule has 0 amide bonds. The van der Waals surface area contributed by atoms with Gasteiger partial charge in [-0.15, -0.1) is 0 Å². The fourth-order valence-electron chi connectivity index (χ4n) is 2.87. The number of aryl methyl sites for hydroxylation is 1. The largest absolute Gasteiger partial charge is 0.373 e. The third-order valence-corrected chi connectivity index (χ3v) is 4.45. The van der Waals surface area contributed by atoms with Crippen LogP contribution in [0.1, 0.15) is 62.4 Å². The van der Waals surface area contributed by atoms with Gasteiger partial charge in [0.2, 0.25) is 0 Å². The van der Waals surface area contributed by atoms with E-state index in [4.69, 9.17) is 9.78 Å². The molecule has 116 valence electrons. The molecule has 1 aliphatic carbocycles. The van der Waals surface area contributed by atoms with E-state index in [1.165, 1.54) is 0 Å². The summed E-state index contributed by atoms with van der Waals surface area (Å²) in [6, 6.07) is 7.31. The molecule has 1 aliphatic rings. The lowest BCUT2D eigenvalue weighted by molar-refractivity contribution is -0.281. The van der Waals surface area contributed by atoms with Crippen molar-refractivity contribution in [3.63, 3.8) is 0 Å². The lowest BCUT2D eigenvalue weighted by atomic mass is 9.72. The predicted molar refractivity (Wildman–Crippen MR) is 82.9 cm³/mol. The summed E-state index contributed by atoms with van der Waals surface area (Å²) in [5, 5.41) is 0. The maximum absolute atomic E-state index is 11.9. The molecule has 0 spiro atoms. The minimum absolute atomic E-state index is 0.0398. The Bertz CT molecular complexity index is 462. The summed E-state index contributed by atoms with van der Waals surface area (Å²) in [6.07, 6.45) is 4.23. The first-order chi connectivity index (χ1) is 9.86. The van der Waals surface area contributed by atoms with Crippen LogP contribution in [0.5, 0.6) is 0 Å². The molecule has 0 N–H and O–H groups in total. The first kappa shape index (κ1) is 16.0. The number of rotatable bonds is 3. The Kier molecular flexibility index (Phi) is 5.04. The highest BCUT2D eigenvalue weighted by atomic mass is 17.2. The molecule has 21 heavy (non-hydrogen) atoms. The van der Waals surface area contributed by atoms with Gasteiger partial charge in [0.1, 0.15) is 6.10 Å². The van der Waals surface area contributed by atoms with Crippen molar-refractivity contribution in [3.8, 4) is 0 Å². The minimum atomic E-state index is -0.409. The Morgan fingerprint density at radius 2 is 1.62 bits per heavy atom. The van der Waals surface area contributed by atoms with Gasteiger partial charge in [-0.05, 0) is 56.1 Å². The molecule has 0 unspecified atom stereocenters. The molecule has 0 saturated heterocycles. The van der Waals surface area contributed by atoms with Gasteiger partial charge in [-0.2, -0.15) is 4.89 Å². The normalized spacial score (nSPS) is 22.9. The number of benzene rings is 1. The second kappa shape index (κ2) is 6.61. The summed E-state index contributed by atoms with van der Waals surface area (Å²) in [5.41, 5.74) is 2.00. The topological polar surface area (TPSA) is 35.5 Å². The van der Waals surface area contributed by atoms with Crippen molar-refractivity contribution in [2.45, 2.75) is 59.5 Å². The van der Waals surface area contributed by atoms with Crippen LogP contribution in [0.25, 0.3) is 0 Å². The van der Waals surface area contributed by atoms with Crippen molar-refractivity contribution in [1.82, 2.24) is 0 Å². The lowest BCUT2D eigenvalue weighted by Crippen LogP contribution is -2.29. The maximum Gasteiger partial charge on any atom is 0.373 e. The molecule has 0 aliphatic heterocycles. The van der Waals surface area contributed by atoms with Gasteiger partial charge >= 0.3 is 5.97 Å². The highest BCUT2D eigenvalue weighted by Crippen LogP contribution is 2.38. The molecule has 1 aromatic carbocycles. The summed E-state index contributed by atoms with van der Waals surface area (Å²) < 4.78 is 0. The van der Waals surface area contributed by atoms with Crippen LogP contribution in [0, 0.1) is 18.3 Å². The summed E-state index contributed by atoms with van der Waals surface area (Å²) in [7, 11) is 0. The Labute approximate surface area is 127 Å². The second-order valence-electron chi connectivity index (χ2n) is 7.17. The molecule has 2 rings (SSSR count). The van der Waals surface area contributed by atoms with E-state index < -0.39 is 5.97 Å². The van der Waals surface area contributed by atoms with Gasteiger partial charge in [-0.3, -0.25) is 4.89 Å². The SMILES string of the molecule is Cc1ccc(C(=O)OOC2CCC(C(C)(C)C)CC2)cc1. The van der Waals surface area contributed by atoms with Crippen molar-refractivity contribution in [2.24, 2.45) is 11.3 Å². The van der Waals surface area contributed by atoms with Crippen molar-refractivity contribution in [1.29, 1.82) is 0 Å². The summed E-state index contributed by atoms with van der Waals surface area (Å²) in [4.78, 5) is 22.2. The fourth-order valence-corrected chi connectivity index (χ4v) is 2.87. The Morgan fingerprint density at radius 3 is 2.14 bits per heavy atom. The highest BCUT2D eigenvalue weighted by Gasteiger charge is 2.30. The van der Waals surface area contributed by atoms with Crippen molar-refractivity contribution >= 4 is 5.97 Å². The molecular weight excluding hydrogens is 264 g/mol. The van der Waals surface area contributed by atoms with Crippen LogP contribution in [0.2, 0.25) is 0 Å². The third-order valence-electron chi connectivity index (χ3n) is 4.45. The zero-order valence-corrected chi connectivity index (χ0v) is 13.5. The molecule has 3 nitrogen and oxygen atoms in total. The van der Waals surface area contributed by atoms with Crippen LogP contribution in [-0.4, -0.2) is 12.1 Å². The van der Waals surface area contributed by atoms with Gasteiger partial charge in [-0.25, -0.2) is 4.79 Å². The number of hydrogen-bond donors (Lipinski definition) is 0. The number of hydrogen-bond acceptors (Lipinski definition) is 3. The molecule has 1 aromatic rings. The molecule has 3 heteroatoms. The van der Waals surface area contributed by atoms with E-state index >= 15 is 0 Å². The van der Waals surface area contributed by atoms with Gasteiger partial charge in [-0.1, -0.05) is 38.5 Å². The van der Waals surface area contributed by atoms with E-state index in [1.807, 2.05) is 19.1 Å². The maximum atomic E-state index is 11.9. The zero-order valence-electron chi connectivity index (χ0n) is 13.5. The predicted octanol–water partition coefficient (Wildman–Crippen LogP) is 4.69. The Morgan fingerprint density at radius 1 is 1.05 bits per heavy atom. The van der Waals surface area contributed by atoms with Gasteiger partial charge < -0.3 is 0 Å². The lowest BCUT2D eigenvalue weighted by Gasteiger charge is -2.36. The highest BCUT2D eigenvalue weighted by molar-refractivity contribution is 5.88. The molecule has 0 atom stereocenters. The van der Waals surface area contributed by atoms with Gasteiger partial charge in [0.25, 0.3) is 0 Å². The van der Waals surface area contributed by atoms with Crippen LogP contribution < -0.4 is 0 Å². The Balaban J connectivity index is 1.77. The van der Waals surface area contributed by atoms with Crippen LogP contribution >= 0.6 is 0 Å². The van der Waals surface area contributed by atoms with Gasteiger partial charge in [0.15, 0.2) is 0 Å². The first-order valence-electron chi connectivity index (χ1n) is 7.80. The molecule has 1 saturated carbocycles. The first-order valence-corrected chi connectivity index (χ1v) is 7.80. The average molecular weight is 290 g/mol. The molecule has 0 bridgehead atoms. The van der Waals surface area contributed by atoms with Gasteiger partial charge in [0, 0.05) is 0 Å². The van der Waals surface area contributed by atoms with E-state index in [9.17, 15) is 4.79 Å². The number of carbonyl (C=O) groups excluding carboxylic acids is 1. The van der Waals surface area contributed by atoms with Crippen LogP contribution in [0.4, 0.5) is 0 Å². The average Bonchev–Trinajstić information content (AvgIpc) is 2.45. The van der Waals surface area contributed by atoms with Gasteiger partial charge in [0.05, 0.1) is 5.56 Å². The van der Waals surface area contributed by atoms with Crippen LogP contribution in [0.3, 0.4) is 0 Å².